The van der Waals surface area contributed by atoms with Gasteiger partial charge in [0.05, 0.1) is 11.4 Å². The summed E-state index contributed by atoms with van der Waals surface area (Å²) in [5.41, 5.74) is 6.21. The van der Waals surface area contributed by atoms with Gasteiger partial charge in [-0.25, -0.2) is 8.42 Å². The van der Waals surface area contributed by atoms with E-state index in [1.807, 2.05) is 6.07 Å². The Balaban J connectivity index is 2.35. The SMILES string of the molecule is CCC1(CNc2sc(C#N)c(N)c2S(=O)(=O)CC)CC1. The fourth-order valence-electron chi connectivity index (χ4n) is 2.18. The minimum atomic E-state index is -3.43. The smallest absolute Gasteiger partial charge is 0.183 e. The quantitative estimate of drug-likeness (QED) is 0.841. The fourth-order valence-corrected chi connectivity index (χ4v) is 4.64. The van der Waals surface area contributed by atoms with Crippen molar-refractivity contribution in [2.75, 3.05) is 23.3 Å². The lowest BCUT2D eigenvalue weighted by atomic mass is 10.0. The molecule has 110 valence electrons. The average molecular weight is 313 g/mol. The number of hydrogen-bond acceptors (Lipinski definition) is 6. The molecule has 0 aliphatic heterocycles. The molecule has 5 nitrogen and oxygen atoms in total. The van der Waals surface area contributed by atoms with E-state index in [0.717, 1.165) is 24.3 Å². The van der Waals surface area contributed by atoms with E-state index < -0.39 is 9.84 Å². The Morgan fingerprint density at radius 3 is 2.55 bits per heavy atom. The first-order chi connectivity index (χ1) is 9.39. The lowest BCUT2D eigenvalue weighted by Gasteiger charge is -2.14. The van der Waals surface area contributed by atoms with Crippen LogP contribution >= 0.6 is 11.3 Å². The van der Waals surface area contributed by atoms with Crippen LogP contribution in [0.15, 0.2) is 4.90 Å². The van der Waals surface area contributed by atoms with Crippen molar-refractivity contribution >= 4 is 31.9 Å². The van der Waals surface area contributed by atoms with Gasteiger partial charge in [0.15, 0.2) is 9.84 Å². The summed E-state index contributed by atoms with van der Waals surface area (Å²) < 4.78 is 24.3. The molecule has 0 amide bonds. The molecule has 2 rings (SSSR count). The minimum absolute atomic E-state index is 0.0214. The van der Waals surface area contributed by atoms with Crippen molar-refractivity contribution in [3.8, 4) is 6.07 Å². The lowest BCUT2D eigenvalue weighted by Crippen LogP contribution is -2.16. The standard InChI is InChI=1S/C13H19N3O2S2/c1-3-13(5-6-13)8-16-12-11(20(17,18)4-2)10(15)9(7-14)19-12/h16H,3-6,8,15H2,1-2H3. The van der Waals surface area contributed by atoms with E-state index >= 15 is 0 Å². The third-order valence-corrected chi connectivity index (χ3v) is 7.03. The van der Waals surface area contributed by atoms with Crippen LogP contribution in [0, 0.1) is 16.7 Å². The topological polar surface area (TPSA) is 96.0 Å². The Hall–Kier alpha value is -1.26. The minimum Gasteiger partial charge on any atom is -0.396 e. The normalized spacial score (nSPS) is 16.6. The van der Waals surface area contributed by atoms with Gasteiger partial charge in [0.25, 0.3) is 0 Å². The molecule has 0 aromatic carbocycles. The van der Waals surface area contributed by atoms with Gasteiger partial charge in [0.2, 0.25) is 0 Å². The van der Waals surface area contributed by atoms with Gasteiger partial charge in [-0.05, 0) is 24.7 Å². The first-order valence-electron chi connectivity index (χ1n) is 6.68. The summed E-state index contributed by atoms with van der Waals surface area (Å²) in [5.74, 6) is -0.0214. The zero-order valence-electron chi connectivity index (χ0n) is 11.7. The number of sulfone groups is 1. The van der Waals surface area contributed by atoms with Gasteiger partial charge < -0.3 is 11.1 Å². The van der Waals surface area contributed by atoms with Gasteiger partial charge in [-0.15, -0.1) is 11.3 Å². The summed E-state index contributed by atoms with van der Waals surface area (Å²) >= 11 is 1.13. The largest absolute Gasteiger partial charge is 0.396 e. The summed E-state index contributed by atoms with van der Waals surface area (Å²) in [6, 6.07) is 1.97. The number of thiophene rings is 1. The first-order valence-corrected chi connectivity index (χ1v) is 9.15. The van der Waals surface area contributed by atoms with Gasteiger partial charge in [-0.3, -0.25) is 0 Å². The van der Waals surface area contributed by atoms with Crippen molar-refractivity contribution in [2.45, 2.75) is 38.0 Å². The Morgan fingerprint density at radius 1 is 1.45 bits per heavy atom. The van der Waals surface area contributed by atoms with Gasteiger partial charge >= 0.3 is 0 Å². The van der Waals surface area contributed by atoms with E-state index in [0.29, 0.717) is 10.4 Å². The van der Waals surface area contributed by atoms with Crippen LogP contribution in [-0.2, 0) is 9.84 Å². The number of rotatable bonds is 6. The van der Waals surface area contributed by atoms with Gasteiger partial charge in [-0.2, -0.15) is 5.26 Å². The molecule has 20 heavy (non-hydrogen) atoms. The maximum Gasteiger partial charge on any atom is 0.183 e. The van der Waals surface area contributed by atoms with Crippen LogP contribution in [0.25, 0.3) is 0 Å². The van der Waals surface area contributed by atoms with Crippen molar-refractivity contribution < 1.29 is 8.42 Å². The maximum absolute atomic E-state index is 12.2. The van der Waals surface area contributed by atoms with Gasteiger partial charge in [0.1, 0.15) is 20.8 Å². The predicted octanol–water partition coefficient (Wildman–Crippen LogP) is 2.60. The van der Waals surface area contributed by atoms with E-state index in [1.165, 1.54) is 12.8 Å². The molecule has 1 heterocycles. The van der Waals surface area contributed by atoms with Crippen LogP contribution in [0.3, 0.4) is 0 Å². The highest BCUT2D eigenvalue weighted by Gasteiger charge is 2.40. The van der Waals surface area contributed by atoms with Crippen LogP contribution in [0.2, 0.25) is 0 Å². The van der Waals surface area contributed by atoms with Crippen LogP contribution in [0.5, 0.6) is 0 Å². The summed E-state index contributed by atoms with van der Waals surface area (Å²) in [7, 11) is -3.43. The molecule has 1 aromatic rings. The number of hydrogen-bond donors (Lipinski definition) is 2. The summed E-state index contributed by atoms with van der Waals surface area (Å²) in [5, 5.41) is 12.8. The summed E-state index contributed by atoms with van der Waals surface area (Å²) in [4.78, 5) is 0.370. The average Bonchev–Trinajstić information content (AvgIpc) is 3.14. The Kier molecular flexibility index (Phi) is 3.98. The molecule has 0 spiro atoms. The van der Waals surface area contributed by atoms with Crippen molar-refractivity contribution in [1.82, 2.24) is 0 Å². The molecule has 1 aliphatic rings. The molecule has 7 heteroatoms. The Bertz CT molecular complexity index is 652. The van der Waals surface area contributed by atoms with Crippen molar-refractivity contribution in [2.24, 2.45) is 5.41 Å². The third kappa shape index (κ3) is 2.63. The molecular formula is C13H19N3O2S2. The van der Waals surface area contributed by atoms with Gasteiger partial charge in [0, 0.05) is 6.54 Å². The van der Waals surface area contributed by atoms with E-state index in [4.69, 9.17) is 11.0 Å². The van der Waals surface area contributed by atoms with Crippen LogP contribution in [0.1, 0.15) is 38.0 Å². The second-order valence-corrected chi connectivity index (χ2v) is 8.46. The van der Waals surface area contributed by atoms with E-state index in [9.17, 15) is 8.42 Å². The van der Waals surface area contributed by atoms with E-state index in [2.05, 4.69) is 12.2 Å². The molecular weight excluding hydrogens is 294 g/mol. The van der Waals surface area contributed by atoms with Crippen LogP contribution in [0.4, 0.5) is 10.7 Å². The highest BCUT2D eigenvalue weighted by molar-refractivity contribution is 7.91. The molecule has 1 aromatic heterocycles. The lowest BCUT2D eigenvalue weighted by molar-refractivity contribution is 0.521. The number of nitrogens with zero attached hydrogens (tertiary/aromatic N) is 1. The zero-order chi connectivity index (χ0) is 15.0. The molecule has 0 atom stereocenters. The highest BCUT2D eigenvalue weighted by atomic mass is 32.2. The van der Waals surface area contributed by atoms with Crippen LogP contribution < -0.4 is 11.1 Å². The first kappa shape index (κ1) is 15.1. The number of nitriles is 1. The molecule has 0 unspecified atom stereocenters. The zero-order valence-corrected chi connectivity index (χ0v) is 13.3. The second kappa shape index (κ2) is 5.26. The second-order valence-electron chi connectivity index (χ2n) is 5.23. The number of nitrogens with two attached hydrogens (primary N) is 1. The van der Waals surface area contributed by atoms with Crippen molar-refractivity contribution in [1.29, 1.82) is 5.26 Å². The van der Waals surface area contributed by atoms with Crippen LogP contribution in [-0.4, -0.2) is 20.7 Å². The number of nitrogen functional groups attached to an aromatic ring is 1. The molecule has 1 fully saturated rings. The Labute approximate surface area is 123 Å². The molecule has 0 bridgehead atoms. The fraction of sp³-hybridized carbons (Fsp3) is 0.615. The predicted molar refractivity (Wildman–Crippen MR) is 81.6 cm³/mol. The molecule has 1 aliphatic carbocycles. The number of anilines is 2. The maximum atomic E-state index is 12.2. The third-order valence-electron chi connectivity index (χ3n) is 4.02. The molecule has 0 saturated heterocycles. The molecule has 1 saturated carbocycles. The summed E-state index contributed by atoms with van der Waals surface area (Å²) in [6.45, 7) is 4.46. The van der Waals surface area contributed by atoms with Gasteiger partial charge in [-0.1, -0.05) is 13.8 Å². The van der Waals surface area contributed by atoms with E-state index in [1.54, 1.807) is 6.92 Å². The molecule has 0 radical (unpaired) electrons. The Morgan fingerprint density at radius 2 is 2.10 bits per heavy atom. The highest BCUT2D eigenvalue weighted by Crippen LogP contribution is 2.49. The molecule has 3 N–H and O–H groups in total. The van der Waals surface area contributed by atoms with Crippen molar-refractivity contribution in [3.05, 3.63) is 4.88 Å². The monoisotopic (exact) mass is 313 g/mol. The number of nitrogens with one attached hydrogen (secondary N) is 1. The summed E-state index contributed by atoms with van der Waals surface area (Å²) in [6.07, 6.45) is 3.40. The van der Waals surface area contributed by atoms with Crippen molar-refractivity contribution in [3.63, 3.8) is 0 Å². The van der Waals surface area contributed by atoms with E-state index in [-0.39, 0.29) is 21.2 Å².